The van der Waals surface area contributed by atoms with Gasteiger partial charge < -0.3 is 54.4 Å². The number of hydrogen-bond acceptors (Lipinski definition) is 9. The minimum atomic E-state index is -1.43. The molecule has 0 aliphatic heterocycles. The third-order valence-corrected chi connectivity index (χ3v) is 6.38. The van der Waals surface area contributed by atoms with E-state index < -0.39 is 66.9 Å². The number of aliphatic imine (C=N–C) groups is 1. The van der Waals surface area contributed by atoms with E-state index in [1.54, 1.807) is 19.1 Å². The lowest BCUT2D eigenvalue weighted by atomic mass is 9.97. The van der Waals surface area contributed by atoms with Gasteiger partial charge in [-0.3, -0.25) is 29.0 Å². The lowest BCUT2D eigenvalue weighted by Crippen LogP contribution is -2.57. The summed E-state index contributed by atoms with van der Waals surface area (Å²) in [6.07, 6.45) is 1.13. The van der Waals surface area contributed by atoms with Gasteiger partial charge in [-0.1, -0.05) is 32.4 Å². The second-order valence-electron chi connectivity index (χ2n) is 9.78. The van der Waals surface area contributed by atoms with Crippen molar-refractivity contribution in [2.75, 3.05) is 19.7 Å². The van der Waals surface area contributed by atoms with Crippen molar-refractivity contribution in [2.45, 2.75) is 63.7 Å². The predicted octanol–water partition coefficient (Wildman–Crippen LogP) is -3.59. The van der Waals surface area contributed by atoms with Crippen LogP contribution in [0.1, 0.15) is 38.7 Å². The molecule has 0 aliphatic carbocycles. The minimum absolute atomic E-state index is 0.0751. The molecule has 16 heteroatoms. The second-order valence-corrected chi connectivity index (χ2v) is 9.78. The van der Waals surface area contributed by atoms with Crippen molar-refractivity contribution < 1.29 is 34.2 Å². The normalized spacial score (nSPS) is 14.3. The summed E-state index contributed by atoms with van der Waals surface area (Å²) >= 11 is 0. The van der Waals surface area contributed by atoms with Gasteiger partial charge in [0.15, 0.2) is 5.96 Å². The number of nitrogens with one attached hydrogen (secondary N) is 4. The van der Waals surface area contributed by atoms with E-state index in [2.05, 4.69) is 26.3 Å². The summed E-state index contributed by atoms with van der Waals surface area (Å²) < 4.78 is 0. The number of aliphatic hydroxyl groups is 1. The third-order valence-electron chi connectivity index (χ3n) is 6.38. The molecule has 0 radical (unpaired) electrons. The van der Waals surface area contributed by atoms with Gasteiger partial charge in [0.1, 0.15) is 23.9 Å². The van der Waals surface area contributed by atoms with E-state index in [0.717, 1.165) is 0 Å². The summed E-state index contributed by atoms with van der Waals surface area (Å²) in [6, 6.07) is 1.68. The first kappa shape index (κ1) is 35.6. The number of primary amides is 1. The van der Waals surface area contributed by atoms with Crippen molar-refractivity contribution in [3.05, 3.63) is 29.8 Å². The number of rotatable bonds is 18. The molecule has 42 heavy (non-hydrogen) atoms. The molecule has 0 spiro atoms. The Balaban J connectivity index is 2.70. The van der Waals surface area contributed by atoms with E-state index in [0.29, 0.717) is 18.4 Å². The third kappa shape index (κ3) is 12.8. The molecule has 0 aliphatic rings. The van der Waals surface area contributed by atoms with Crippen LogP contribution < -0.4 is 44.2 Å². The number of carbonyl (C=O) groups excluding carboxylic acids is 5. The average molecular weight is 594 g/mol. The maximum absolute atomic E-state index is 12.9. The van der Waals surface area contributed by atoms with Crippen molar-refractivity contribution in [3.8, 4) is 5.75 Å². The van der Waals surface area contributed by atoms with Crippen LogP contribution in [0.4, 0.5) is 0 Å². The minimum Gasteiger partial charge on any atom is -0.508 e. The Hall–Kier alpha value is -4.44. The molecule has 1 rings (SSSR count). The number of benzene rings is 1. The van der Waals surface area contributed by atoms with E-state index in [-0.39, 0.29) is 37.0 Å². The van der Waals surface area contributed by atoms with Crippen molar-refractivity contribution in [1.29, 1.82) is 0 Å². The highest BCUT2D eigenvalue weighted by atomic mass is 16.3. The van der Waals surface area contributed by atoms with Crippen LogP contribution in [0, 0.1) is 5.92 Å². The van der Waals surface area contributed by atoms with E-state index in [4.69, 9.17) is 22.9 Å². The smallest absolute Gasteiger partial charge is 0.245 e. The van der Waals surface area contributed by atoms with Crippen LogP contribution in [-0.2, 0) is 30.4 Å². The van der Waals surface area contributed by atoms with Gasteiger partial charge in [0.05, 0.1) is 19.2 Å². The fourth-order valence-corrected chi connectivity index (χ4v) is 3.72. The highest BCUT2D eigenvalue weighted by Crippen LogP contribution is 2.12. The largest absolute Gasteiger partial charge is 0.508 e. The summed E-state index contributed by atoms with van der Waals surface area (Å²) in [6.45, 7) is 2.40. The summed E-state index contributed by atoms with van der Waals surface area (Å²) in [5.74, 6) is -4.09. The predicted molar refractivity (Wildman–Crippen MR) is 154 cm³/mol. The number of carbonyl (C=O) groups is 5. The molecule has 0 unspecified atom stereocenters. The molecule has 5 amide bonds. The van der Waals surface area contributed by atoms with Crippen LogP contribution in [0.5, 0.6) is 5.75 Å². The lowest BCUT2D eigenvalue weighted by molar-refractivity contribution is -0.133. The Kier molecular flexibility index (Phi) is 15.3. The van der Waals surface area contributed by atoms with Crippen LogP contribution in [0.3, 0.4) is 0 Å². The fraction of sp³-hybridized carbons (Fsp3) is 0.538. The fourth-order valence-electron chi connectivity index (χ4n) is 3.72. The first-order valence-electron chi connectivity index (χ1n) is 13.5. The van der Waals surface area contributed by atoms with Crippen molar-refractivity contribution in [2.24, 2.45) is 33.8 Å². The number of nitrogens with zero attached hydrogens (tertiary/aromatic N) is 1. The first-order chi connectivity index (χ1) is 19.8. The zero-order valence-electron chi connectivity index (χ0n) is 23.8. The molecule has 0 bridgehead atoms. The number of aliphatic hydroxyl groups excluding tert-OH is 1. The monoisotopic (exact) mass is 593 g/mol. The molecule has 14 N–H and O–H groups in total. The summed E-state index contributed by atoms with van der Waals surface area (Å²) in [7, 11) is 0. The second kappa shape index (κ2) is 18.1. The van der Waals surface area contributed by atoms with Gasteiger partial charge in [-0.25, -0.2) is 0 Å². The van der Waals surface area contributed by atoms with E-state index in [1.165, 1.54) is 12.1 Å². The Morgan fingerprint density at radius 2 is 1.57 bits per heavy atom. The molecule has 0 fully saturated rings. The molecule has 0 saturated carbocycles. The SMILES string of the molecule is CC[C@H](C)[C@H](NC(=O)[C@@H](N)Cc1ccc(O)cc1)C(=O)NCC(=O)N[C@@H](CO)C(=O)N[C@H](CCCN=C(N)N)C(N)=O. The Morgan fingerprint density at radius 3 is 2.12 bits per heavy atom. The maximum Gasteiger partial charge on any atom is 0.245 e. The summed E-state index contributed by atoms with van der Waals surface area (Å²) in [5, 5.41) is 28.7. The number of hydrogen-bond donors (Lipinski definition) is 10. The van der Waals surface area contributed by atoms with Crippen molar-refractivity contribution in [1.82, 2.24) is 21.3 Å². The highest BCUT2D eigenvalue weighted by molar-refractivity contribution is 5.94. The van der Waals surface area contributed by atoms with Crippen LogP contribution in [0.15, 0.2) is 29.3 Å². The molecule has 0 aromatic heterocycles. The van der Waals surface area contributed by atoms with Gasteiger partial charge >= 0.3 is 0 Å². The number of nitrogens with two attached hydrogens (primary N) is 4. The van der Waals surface area contributed by atoms with Gasteiger partial charge in [0.25, 0.3) is 0 Å². The summed E-state index contributed by atoms with van der Waals surface area (Å²) in [5.41, 5.74) is 22.5. The molecular formula is C26H43N9O7. The molecule has 5 atom stereocenters. The number of phenolic OH excluding ortho intramolecular Hbond substituents is 1. The van der Waals surface area contributed by atoms with Gasteiger partial charge in [-0.2, -0.15) is 0 Å². The zero-order chi connectivity index (χ0) is 31.8. The molecular weight excluding hydrogens is 550 g/mol. The Bertz CT molecular complexity index is 1090. The first-order valence-corrected chi connectivity index (χ1v) is 13.5. The molecule has 1 aromatic carbocycles. The van der Waals surface area contributed by atoms with Crippen LogP contribution in [0.2, 0.25) is 0 Å². The van der Waals surface area contributed by atoms with Crippen molar-refractivity contribution in [3.63, 3.8) is 0 Å². The topological polar surface area (TPSA) is 290 Å². The zero-order valence-corrected chi connectivity index (χ0v) is 23.8. The molecule has 234 valence electrons. The van der Waals surface area contributed by atoms with Gasteiger partial charge in [-0.05, 0) is 42.9 Å². The quantitative estimate of drug-likeness (QED) is 0.0453. The molecule has 0 saturated heterocycles. The average Bonchev–Trinajstić information content (AvgIpc) is 2.94. The Morgan fingerprint density at radius 1 is 0.929 bits per heavy atom. The standard InChI is InChI=1S/C26H43N9O7/c1-3-14(2)21(35-23(40)17(27)11-15-6-8-16(37)9-7-15)25(42)32-12-20(38)33-19(13-36)24(41)34-18(22(28)39)5-4-10-31-26(29)30/h6-9,14,17-19,21,36-37H,3-5,10-13,27H2,1-2H3,(H2,28,39)(H,32,42)(H,33,38)(H,34,41)(H,35,40)(H4,29,30,31)/t14-,17-,18+,19-,21-/m0/s1. The van der Waals surface area contributed by atoms with E-state index in [9.17, 15) is 34.2 Å². The van der Waals surface area contributed by atoms with Gasteiger partial charge in [0.2, 0.25) is 29.5 Å². The molecule has 1 aromatic rings. The lowest BCUT2D eigenvalue weighted by Gasteiger charge is -2.25. The van der Waals surface area contributed by atoms with Gasteiger partial charge in [0, 0.05) is 6.54 Å². The van der Waals surface area contributed by atoms with Gasteiger partial charge in [-0.15, -0.1) is 0 Å². The van der Waals surface area contributed by atoms with Crippen LogP contribution in [-0.4, -0.2) is 89.6 Å². The number of phenols is 1. The Labute approximate surface area is 244 Å². The van der Waals surface area contributed by atoms with E-state index >= 15 is 0 Å². The molecule has 0 heterocycles. The maximum atomic E-state index is 12.9. The number of aromatic hydroxyl groups is 1. The number of amides is 5. The van der Waals surface area contributed by atoms with E-state index in [1.807, 2.05) is 6.92 Å². The van der Waals surface area contributed by atoms with Crippen LogP contribution in [0.25, 0.3) is 0 Å². The highest BCUT2D eigenvalue weighted by Gasteiger charge is 2.29. The van der Waals surface area contributed by atoms with Crippen LogP contribution >= 0.6 is 0 Å². The van der Waals surface area contributed by atoms with Crippen molar-refractivity contribution >= 4 is 35.5 Å². The summed E-state index contributed by atoms with van der Waals surface area (Å²) in [4.78, 5) is 66.1. The molecule has 16 nitrogen and oxygen atoms in total. The number of guanidine groups is 1.